The Balaban J connectivity index is 1.34. The molecule has 1 saturated heterocycles. The van der Waals surface area contributed by atoms with Crippen molar-refractivity contribution in [3.05, 3.63) is 101 Å². The Morgan fingerprint density at radius 3 is 2.25 bits per heavy atom. The van der Waals surface area contributed by atoms with Gasteiger partial charge in [0.2, 0.25) is 11.8 Å². The summed E-state index contributed by atoms with van der Waals surface area (Å²) in [5, 5.41) is 7.30. The highest BCUT2D eigenvalue weighted by Crippen LogP contribution is 2.29. The van der Waals surface area contributed by atoms with E-state index in [0.717, 1.165) is 55.2 Å². The van der Waals surface area contributed by atoms with Crippen LogP contribution in [-0.4, -0.2) is 42.9 Å². The number of carbonyl (C=O) groups excluding carboxylic acids is 2. The van der Waals surface area contributed by atoms with E-state index in [9.17, 15) is 9.59 Å². The Kier molecular flexibility index (Phi) is 9.15. The summed E-state index contributed by atoms with van der Waals surface area (Å²) in [6, 6.07) is 25.9. The zero-order chi connectivity index (χ0) is 25.3. The maximum atomic E-state index is 13.3. The second-order valence-corrected chi connectivity index (χ2v) is 9.87. The van der Waals surface area contributed by atoms with Crippen molar-refractivity contribution < 1.29 is 9.59 Å². The van der Waals surface area contributed by atoms with Crippen molar-refractivity contribution in [2.75, 3.05) is 31.5 Å². The monoisotopic (exact) mass is 503 g/mol. The first-order valence-electron chi connectivity index (χ1n) is 12.7. The fraction of sp³-hybridized carbons (Fsp3) is 0.333. The van der Waals surface area contributed by atoms with Crippen LogP contribution in [0.25, 0.3) is 0 Å². The summed E-state index contributed by atoms with van der Waals surface area (Å²) in [5.41, 5.74) is 4.26. The van der Waals surface area contributed by atoms with Crippen LogP contribution in [0.15, 0.2) is 78.9 Å². The van der Waals surface area contributed by atoms with Gasteiger partial charge in [0.15, 0.2) is 0 Å². The summed E-state index contributed by atoms with van der Waals surface area (Å²) < 4.78 is 0. The van der Waals surface area contributed by atoms with Gasteiger partial charge in [-0.15, -0.1) is 0 Å². The third-order valence-corrected chi connectivity index (χ3v) is 7.21. The second-order valence-electron chi connectivity index (χ2n) is 9.44. The van der Waals surface area contributed by atoms with Crippen molar-refractivity contribution in [1.29, 1.82) is 0 Å². The average Bonchev–Trinajstić information content (AvgIpc) is 2.90. The van der Waals surface area contributed by atoms with Gasteiger partial charge >= 0.3 is 0 Å². The van der Waals surface area contributed by atoms with E-state index in [-0.39, 0.29) is 17.7 Å². The molecule has 0 spiro atoms. The molecule has 0 aliphatic carbocycles. The SMILES string of the molecule is CC(=O)N1CCC(c2ccc(NC(=O)C(CNCCc3ccc(Cl)cc3)c3ccccc3)cc2)CC1. The molecule has 5 nitrogen and oxygen atoms in total. The summed E-state index contributed by atoms with van der Waals surface area (Å²) in [5.74, 6) is 0.279. The van der Waals surface area contributed by atoms with Crippen LogP contribution in [0, 0.1) is 0 Å². The molecule has 1 fully saturated rings. The predicted molar refractivity (Wildman–Crippen MR) is 147 cm³/mol. The van der Waals surface area contributed by atoms with Crippen molar-refractivity contribution in [2.45, 2.75) is 38.0 Å². The van der Waals surface area contributed by atoms with Gasteiger partial charge in [-0.05, 0) is 72.7 Å². The number of carbonyl (C=O) groups is 2. The van der Waals surface area contributed by atoms with Crippen molar-refractivity contribution in [1.82, 2.24) is 10.2 Å². The molecule has 1 heterocycles. The molecule has 0 radical (unpaired) electrons. The van der Waals surface area contributed by atoms with Gasteiger partial charge < -0.3 is 15.5 Å². The van der Waals surface area contributed by atoms with Crippen LogP contribution in [0.3, 0.4) is 0 Å². The molecule has 1 atom stereocenters. The van der Waals surface area contributed by atoms with Crippen LogP contribution in [0.5, 0.6) is 0 Å². The minimum Gasteiger partial charge on any atom is -0.343 e. The number of hydrogen-bond donors (Lipinski definition) is 2. The van der Waals surface area contributed by atoms with Crippen LogP contribution in [0.4, 0.5) is 5.69 Å². The number of benzene rings is 3. The first kappa shape index (κ1) is 25.9. The zero-order valence-corrected chi connectivity index (χ0v) is 21.5. The fourth-order valence-electron chi connectivity index (χ4n) is 4.77. The summed E-state index contributed by atoms with van der Waals surface area (Å²) in [6.07, 6.45) is 2.82. The highest BCUT2D eigenvalue weighted by Gasteiger charge is 2.23. The maximum absolute atomic E-state index is 13.3. The topological polar surface area (TPSA) is 61.4 Å². The van der Waals surface area contributed by atoms with Gasteiger partial charge in [-0.2, -0.15) is 0 Å². The largest absolute Gasteiger partial charge is 0.343 e. The van der Waals surface area contributed by atoms with E-state index in [1.54, 1.807) is 6.92 Å². The standard InChI is InChI=1S/C30H34ClN3O2/c1-22(35)34-19-16-25(17-20-34)24-9-13-28(14-10-24)33-30(36)29(26-5-3-2-4-6-26)21-32-18-15-23-7-11-27(31)12-8-23/h2-14,25,29,32H,15-21H2,1H3,(H,33,36). The quantitative estimate of drug-likeness (QED) is 0.372. The Morgan fingerprint density at radius 2 is 1.61 bits per heavy atom. The summed E-state index contributed by atoms with van der Waals surface area (Å²) in [4.78, 5) is 26.8. The van der Waals surface area contributed by atoms with Crippen molar-refractivity contribution in [3.63, 3.8) is 0 Å². The van der Waals surface area contributed by atoms with Gasteiger partial charge in [0.1, 0.15) is 0 Å². The fourth-order valence-corrected chi connectivity index (χ4v) is 4.90. The zero-order valence-electron chi connectivity index (χ0n) is 20.8. The Labute approximate surface area is 218 Å². The molecule has 0 bridgehead atoms. The molecule has 2 N–H and O–H groups in total. The Morgan fingerprint density at radius 1 is 0.944 bits per heavy atom. The molecule has 2 amide bonds. The number of hydrogen-bond acceptors (Lipinski definition) is 3. The lowest BCUT2D eigenvalue weighted by atomic mass is 9.89. The number of amides is 2. The molecular weight excluding hydrogens is 470 g/mol. The van der Waals surface area contributed by atoms with E-state index in [1.807, 2.05) is 71.6 Å². The predicted octanol–water partition coefficient (Wildman–Crippen LogP) is 5.62. The van der Waals surface area contributed by atoms with Crippen molar-refractivity contribution in [3.8, 4) is 0 Å². The van der Waals surface area contributed by atoms with Gasteiger partial charge in [-0.3, -0.25) is 9.59 Å². The van der Waals surface area contributed by atoms with E-state index in [0.29, 0.717) is 12.5 Å². The molecule has 6 heteroatoms. The number of anilines is 1. The van der Waals surface area contributed by atoms with Crippen molar-refractivity contribution >= 4 is 29.1 Å². The molecular formula is C30H34ClN3O2. The first-order chi connectivity index (χ1) is 17.5. The molecule has 0 aromatic heterocycles. The lowest BCUT2D eigenvalue weighted by molar-refractivity contribution is -0.129. The van der Waals surface area contributed by atoms with Gasteiger partial charge in [-0.25, -0.2) is 0 Å². The lowest BCUT2D eigenvalue weighted by Crippen LogP contribution is -2.36. The van der Waals surface area contributed by atoms with E-state index >= 15 is 0 Å². The Bertz CT molecular complexity index is 1130. The number of halogens is 1. The van der Waals surface area contributed by atoms with Crippen LogP contribution in [0.2, 0.25) is 5.02 Å². The van der Waals surface area contributed by atoms with E-state index < -0.39 is 0 Å². The van der Waals surface area contributed by atoms with Crippen LogP contribution in [0.1, 0.15) is 48.3 Å². The van der Waals surface area contributed by atoms with Gasteiger partial charge in [0.25, 0.3) is 0 Å². The molecule has 0 saturated carbocycles. The third kappa shape index (κ3) is 7.19. The van der Waals surface area contributed by atoms with Gasteiger partial charge in [-0.1, -0.05) is 66.2 Å². The van der Waals surface area contributed by atoms with Crippen molar-refractivity contribution in [2.24, 2.45) is 0 Å². The minimum atomic E-state index is -0.299. The van der Waals surface area contributed by atoms with Gasteiger partial charge in [0, 0.05) is 37.3 Å². The molecule has 188 valence electrons. The van der Waals surface area contributed by atoms with Crippen LogP contribution >= 0.6 is 11.6 Å². The summed E-state index contributed by atoms with van der Waals surface area (Å²) >= 11 is 5.97. The van der Waals surface area contributed by atoms with Gasteiger partial charge in [0.05, 0.1) is 5.92 Å². The smallest absolute Gasteiger partial charge is 0.233 e. The molecule has 1 aliphatic rings. The second kappa shape index (κ2) is 12.7. The number of rotatable bonds is 9. The minimum absolute atomic E-state index is 0.0253. The third-order valence-electron chi connectivity index (χ3n) is 6.96. The maximum Gasteiger partial charge on any atom is 0.233 e. The molecule has 1 aliphatic heterocycles. The van der Waals surface area contributed by atoms with E-state index in [4.69, 9.17) is 11.6 Å². The van der Waals surface area contributed by atoms with Crippen LogP contribution < -0.4 is 10.6 Å². The molecule has 4 rings (SSSR count). The average molecular weight is 504 g/mol. The highest BCUT2D eigenvalue weighted by molar-refractivity contribution is 6.30. The number of nitrogens with zero attached hydrogens (tertiary/aromatic N) is 1. The molecule has 3 aromatic rings. The van der Waals surface area contributed by atoms with E-state index in [1.165, 1.54) is 11.1 Å². The number of likely N-dealkylation sites (tertiary alicyclic amines) is 1. The number of piperidine rings is 1. The lowest BCUT2D eigenvalue weighted by Gasteiger charge is -2.31. The van der Waals surface area contributed by atoms with Crippen LogP contribution in [-0.2, 0) is 16.0 Å². The number of nitrogens with one attached hydrogen (secondary N) is 2. The first-order valence-corrected chi connectivity index (χ1v) is 13.0. The molecule has 3 aromatic carbocycles. The van der Waals surface area contributed by atoms with E-state index in [2.05, 4.69) is 22.8 Å². The summed E-state index contributed by atoms with van der Waals surface area (Å²) in [6.45, 7) is 4.58. The summed E-state index contributed by atoms with van der Waals surface area (Å²) in [7, 11) is 0. The normalized spacial score (nSPS) is 14.9. The Hall–Kier alpha value is -3.15. The molecule has 36 heavy (non-hydrogen) atoms. The molecule has 1 unspecified atom stereocenters. The highest BCUT2D eigenvalue weighted by atomic mass is 35.5.